The van der Waals surface area contributed by atoms with E-state index in [4.69, 9.17) is 4.89 Å². The molecular formula is C18H32NO4P. The van der Waals surface area contributed by atoms with E-state index >= 15 is 0 Å². The van der Waals surface area contributed by atoms with Gasteiger partial charge in [-0.1, -0.05) is 63.3 Å². The van der Waals surface area contributed by atoms with E-state index < -0.39 is 7.82 Å². The van der Waals surface area contributed by atoms with Gasteiger partial charge in [-0.25, -0.2) is 0 Å². The van der Waals surface area contributed by atoms with Gasteiger partial charge in [0.15, 0.2) is 0 Å². The Kier molecular flexibility index (Phi) is 10.5. The Morgan fingerprint density at radius 1 is 1.08 bits per heavy atom. The normalized spacial score (nSPS) is 15.2. The highest BCUT2D eigenvalue weighted by Gasteiger charge is 2.11. The summed E-state index contributed by atoms with van der Waals surface area (Å²) in [4.78, 5) is 19.1. The summed E-state index contributed by atoms with van der Waals surface area (Å²) in [6, 6.07) is 8.45. The molecular weight excluding hydrogens is 325 g/mol. The first-order valence-electron chi connectivity index (χ1n) is 9.00. The molecule has 138 valence electrons. The molecule has 5 nitrogen and oxygen atoms in total. The van der Waals surface area contributed by atoms with Gasteiger partial charge in [0.2, 0.25) is 0 Å². The summed E-state index contributed by atoms with van der Waals surface area (Å²) in [5.74, 6) is 0. The van der Waals surface area contributed by atoms with Gasteiger partial charge in [0.05, 0.1) is 0 Å². The van der Waals surface area contributed by atoms with Crippen molar-refractivity contribution in [2.45, 2.75) is 70.8 Å². The summed E-state index contributed by atoms with van der Waals surface area (Å²) in [6.07, 6.45) is 10.5. The quantitative estimate of drug-likeness (QED) is 0.419. The maximum Gasteiger partial charge on any atom is 0.265 e. The van der Waals surface area contributed by atoms with Gasteiger partial charge in [-0.2, -0.15) is 0 Å². The fourth-order valence-electron chi connectivity index (χ4n) is 2.64. The largest absolute Gasteiger partial charge is 0.756 e. The Morgan fingerprint density at radius 3 is 2.21 bits per heavy atom. The fourth-order valence-corrected chi connectivity index (χ4v) is 3.03. The number of hydrogen-bond acceptors (Lipinski definition) is 3. The van der Waals surface area contributed by atoms with Crippen molar-refractivity contribution in [1.29, 1.82) is 0 Å². The van der Waals surface area contributed by atoms with Crippen LogP contribution in [0.3, 0.4) is 0 Å². The Labute approximate surface area is 145 Å². The first-order chi connectivity index (χ1) is 11.4. The molecule has 6 heteroatoms. The lowest BCUT2D eigenvalue weighted by Crippen LogP contribution is -2.63. The van der Waals surface area contributed by atoms with Crippen LogP contribution < -0.4 is 10.6 Å². The summed E-state index contributed by atoms with van der Waals surface area (Å²) >= 11 is 0. The Morgan fingerprint density at radius 2 is 1.62 bits per heavy atom. The van der Waals surface area contributed by atoms with Gasteiger partial charge >= 0.3 is 0 Å². The van der Waals surface area contributed by atoms with Crippen molar-refractivity contribution in [3.8, 4) is 0 Å². The lowest BCUT2D eigenvalue weighted by Gasteiger charge is -2.17. The Hall–Kier alpha value is -0.710. The molecule has 0 aliphatic rings. The molecule has 0 saturated heterocycles. The average Bonchev–Trinajstić information content (AvgIpc) is 2.54. The number of benzene rings is 1. The molecule has 0 radical (unpaired) electrons. The smallest absolute Gasteiger partial charge is 0.265 e. The van der Waals surface area contributed by atoms with Crippen LogP contribution in [0.15, 0.2) is 24.3 Å². The second-order valence-corrected chi connectivity index (χ2v) is 7.70. The second-order valence-electron chi connectivity index (χ2n) is 6.50. The molecule has 0 amide bonds. The summed E-state index contributed by atoms with van der Waals surface area (Å²) in [7, 11) is -4.63. The molecule has 0 fully saturated rings. The third kappa shape index (κ3) is 11.0. The summed E-state index contributed by atoms with van der Waals surface area (Å²) in [6.45, 7) is 2.16. The number of hydrogen-bond donors (Lipinski definition) is 2. The highest BCUT2D eigenvalue weighted by Crippen LogP contribution is 2.30. The standard InChI is InChI=1S/C18H32NO4P/c1-2-3-4-5-6-7-8-16-9-11-17(12-10-16)13-14-18(19)15-23-24(20,21)22/h9-12,18H,2-8,13-15,19H2,1H3,(H2,20,21,22)/t18-/m0/s1. The minimum atomic E-state index is -4.63. The number of quaternary nitrogens is 1. The van der Waals surface area contributed by atoms with Crippen molar-refractivity contribution in [3.63, 3.8) is 0 Å². The summed E-state index contributed by atoms with van der Waals surface area (Å²) in [5.41, 5.74) is 6.43. The third-order valence-electron chi connectivity index (χ3n) is 4.16. The lowest BCUT2D eigenvalue weighted by atomic mass is 10.0. The highest BCUT2D eigenvalue weighted by molar-refractivity contribution is 7.44. The molecule has 1 aromatic carbocycles. The molecule has 0 bridgehead atoms. The van der Waals surface area contributed by atoms with Crippen LogP contribution in [0.4, 0.5) is 0 Å². The predicted octanol–water partition coefficient (Wildman–Crippen LogP) is 2.61. The third-order valence-corrected chi connectivity index (χ3v) is 4.63. The van der Waals surface area contributed by atoms with Crippen molar-refractivity contribution >= 4 is 7.82 Å². The van der Waals surface area contributed by atoms with E-state index in [1.807, 2.05) is 0 Å². The molecule has 0 aliphatic heterocycles. The molecule has 2 atom stereocenters. The minimum absolute atomic E-state index is 0.0760. The van der Waals surface area contributed by atoms with E-state index in [0.717, 1.165) is 19.3 Å². The first-order valence-corrected chi connectivity index (χ1v) is 10.5. The highest BCUT2D eigenvalue weighted by atomic mass is 31.2. The fraction of sp³-hybridized carbons (Fsp3) is 0.667. The van der Waals surface area contributed by atoms with Gasteiger partial charge < -0.3 is 20.0 Å². The molecule has 24 heavy (non-hydrogen) atoms. The molecule has 0 heterocycles. The monoisotopic (exact) mass is 357 g/mol. The van der Waals surface area contributed by atoms with E-state index in [1.54, 1.807) is 0 Å². The second kappa shape index (κ2) is 11.8. The zero-order chi connectivity index (χ0) is 17.8. The van der Waals surface area contributed by atoms with Gasteiger partial charge in [0.1, 0.15) is 12.6 Å². The van der Waals surface area contributed by atoms with Crippen molar-refractivity contribution in [2.24, 2.45) is 0 Å². The van der Waals surface area contributed by atoms with Crippen LogP contribution in [0.1, 0.15) is 63.0 Å². The molecule has 1 unspecified atom stereocenters. The zero-order valence-corrected chi connectivity index (χ0v) is 15.7. The van der Waals surface area contributed by atoms with Gasteiger partial charge in [-0.05, 0) is 30.4 Å². The number of aryl methyl sites for hydroxylation is 2. The van der Waals surface area contributed by atoms with E-state index in [2.05, 4.69) is 41.4 Å². The number of phosphoric acid groups is 1. The van der Waals surface area contributed by atoms with Gasteiger partial charge in [-0.3, -0.25) is 4.57 Å². The molecule has 0 aromatic heterocycles. The van der Waals surface area contributed by atoms with Crippen LogP contribution >= 0.6 is 7.82 Å². The SMILES string of the molecule is CCCCCCCCc1ccc(CC[C@H]([NH3+])COP(=O)([O-])O)cc1. The van der Waals surface area contributed by atoms with Gasteiger partial charge in [0, 0.05) is 6.42 Å². The molecule has 4 N–H and O–H groups in total. The number of unbranched alkanes of at least 4 members (excludes halogenated alkanes) is 5. The van der Waals surface area contributed by atoms with Crippen LogP contribution in [0, 0.1) is 0 Å². The van der Waals surface area contributed by atoms with Crippen LogP contribution in [0.5, 0.6) is 0 Å². The summed E-state index contributed by atoms with van der Waals surface area (Å²) in [5, 5.41) is 0. The van der Waals surface area contributed by atoms with Crippen LogP contribution in [-0.2, 0) is 21.9 Å². The first kappa shape index (κ1) is 21.3. The van der Waals surface area contributed by atoms with Crippen LogP contribution in [-0.4, -0.2) is 17.5 Å². The molecule has 0 spiro atoms. The maximum absolute atomic E-state index is 10.5. The van der Waals surface area contributed by atoms with E-state index in [1.165, 1.54) is 49.7 Å². The van der Waals surface area contributed by atoms with Gasteiger partial charge in [-0.15, -0.1) is 0 Å². The Bertz CT molecular complexity index is 486. The van der Waals surface area contributed by atoms with E-state index in [-0.39, 0.29) is 12.6 Å². The Balaban J connectivity index is 2.21. The van der Waals surface area contributed by atoms with Crippen molar-refractivity contribution in [1.82, 2.24) is 0 Å². The average molecular weight is 357 g/mol. The predicted molar refractivity (Wildman–Crippen MR) is 94.3 cm³/mol. The van der Waals surface area contributed by atoms with Crippen LogP contribution in [0.2, 0.25) is 0 Å². The summed E-state index contributed by atoms with van der Waals surface area (Å²) < 4.78 is 14.9. The van der Waals surface area contributed by atoms with E-state index in [0.29, 0.717) is 0 Å². The van der Waals surface area contributed by atoms with Crippen molar-refractivity contribution in [2.75, 3.05) is 6.61 Å². The van der Waals surface area contributed by atoms with Crippen molar-refractivity contribution < 1.29 is 24.6 Å². The molecule has 1 rings (SSSR count). The molecule has 0 saturated carbocycles. The minimum Gasteiger partial charge on any atom is -0.756 e. The lowest BCUT2D eigenvalue weighted by molar-refractivity contribution is -0.426. The van der Waals surface area contributed by atoms with E-state index in [9.17, 15) is 9.46 Å². The maximum atomic E-state index is 10.5. The zero-order valence-electron chi connectivity index (χ0n) is 14.8. The number of rotatable bonds is 13. The topological polar surface area (TPSA) is 97.2 Å². The van der Waals surface area contributed by atoms with Crippen LogP contribution in [0.25, 0.3) is 0 Å². The van der Waals surface area contributed by atoms with Gasteiger partial charge in [0.25, 0.3) is 7.82 Å². The molecule has 1 aromatic rings. The van der Waals surface area contributed by atoms with Crippen molar-refractivity contribution in [3.05, 3.63) is 35.4 Å². The number of phosphoric ester groups is 1. The molecule has 0 aliphatic carbocycles.